The zero-order valence-electron chi connectivity index (χ0n) is 12.4. The first-order valence-electron chi connectivity index (χ1n) is 6.87. The highest BCUT2D eigenvalue weighted by Crippen LogP contribution is 2.33. The fraction of sp³-hybridized carbons (Fsp3) is 0.312. The van der Waals surface area contributed by atoms with Crippen LogP contribution in [-0.4, -0.2) is 9.38 Å². The average molecular weight is 320 g/mol. The first-order valence-corrected chi connectivity index (χ1v) is 8.13. The molecule has 0 atom stereocenters. The maximum atomic E-state index is 6.02. The molecule has 110 valence electrons. The van der Waals surface area contributed by atoms with E-state index in [0.29, 0.717) is 6.54 Å². The molecule has 5 heteroatoms. The Balaban J connectivity index is 2.25. The lowest BCUT2D eigenvalue weighted by Crippen LogP contribution is -2.16. The molecule has 3 rings (SSSR count). The van der Waals surface area contributed by atoms with Crippen molar-refractivity contribution in [2.24, 2.45) is 5.73 Å². The van der Waals surface area contributed by atoms with Crippen molar-refractivity contribution in [2.75, 3.05) is 0 Å². The van der Waals surface area contributed by atoms with E-state index in [1.165, 1.54) is 5.69 Å². The molecule has 0 aliphatic rings. The van der Waals surface area contributed by atoms with Crippen LogP contribution in [0.2, 0.25) is 5.02 Å². The molecular formula is C16H18ClN3S. The standard InChI is InChI=1S/C16H18ClN3S/c1-16(2,3)13-9-21-15-19-14(12(8-18)20(13)15)10-4-6-11(17)7-5-10/h4-7,9H,8,18H2,1-3H3. The number of nitrogens with zero attached hydrogens (tertiary/aromatic N) is 2. The Bertz CT molecular complexity index is 778. The first-order chi connectivity index (χ1) is 9.91. The number of imidazole rings is 1. The first kappa shape index (κ1) is 14.6. The van der Waals surface area contributed by atoms with Crippen molar-refractivity contribution in [3.63, 3.8) is 0 Å². The van der Waals surface area contributed by atoms with E-state index in [4.69, 9.17) is 22.3 Å². The van der Waals surface area contributed by atoms with Crippen LogP contribution < -0.4 is 5.73 Å². The Labute approximate surface area is 133 Å². The van der Waals surface area contributed by atoms with Gasteiger partial charge in [0.05, 0.1) is 11.4 Å². The summed E-state index contributed by atoms with van der Waals surface area (Å²) in [6.07, 6.45) is 0. The topological polar surface area (TPSA) is 43.3 Å². The molecule has 0 spiro atoms. The van der Waals surface area contributed by atoms with Crippen molar-refractivity contribution in [3.05, 3.63) is 46.1 Å². The van der Waals surface area contributed by atoms with Gasteiger partial charge in [0.2, 0.25) is 0 Å². The van der Waals surface area contributed by atoms with Gasteiger partial charge in [-0.2, -0.15) is 0 Å². The predicted molar refractivity (Wildman–Crippen MR) is 90.1 cm³/mol. The van der Waals surface area contributed by atoms with Crippen molar-refractivity contribution < 1.29 is 0 Å². The maximum absolute atomic E-state index is 6.02. The van der Waals surface area contributed by atoms with E-state index in [1.54, 1.807) is 11.3 Å². The third-order valence-electron chi connectivity index (χ3n) is 3.54. The average Bonchev–Trinajstić information content (AvgIpc) is 2.96. The van der Waals surface area contributed by atoms with Gasteiger partial charge in [0.15, 0.2) is 4.96 Å². The minimum atomic E-state index is 0.0557. The summed E-state index contributed by atoms with van der Waals surface area (Å²) in [5.41, 5.74) is 10.4. The summed E-state index contributed by atoms with van der Waals surface area (Å²) in [5.74, 6) is 0. The lowest BCUT2D eigenvalue weighted by Gasteiger charge is -2.18. The normalized spacial score (nSPS) is 12.2. The van der Waals surface area contributed by atoms with Crippen LogP contribution in [0.5, 0.6) is 0 Å². The van der Waals surface area contributed by atoms with Crippen LogP contribution in [0.4, 0.5) is 0 Å². The van der Waals surface area contributed by atoms with Gasteiger partial charge in [0.1, 0.15) is 0 Å². The Hall–Kier alpha value is -1.36. The van der Waals surface area contributed by atoms with Gasteiger partial charge in [-0.3, -0.25) is 4.40 Å². The molecule has 0 bridgehead atoms. The fourth-order valence-electron chi connectivity index (χ4n) is 2.46. The molecule has 0 saturated carbocycles. The van der Waals surface area contributed by atoms with Crippen LogP contribution in [0.15, 0.2) is 29.6 Å². The quantitative estimate of drug-likeness (QED) is 0.757. The molecule has 21 heavy (non-hydrogen) atoms. The number of hydrogen-bond donors (Lipinski definition) is 1. The lowest BCUT2D eigenvalue weighted by atomic mass is 9.93. The van der Waals surface area contributed by atoms with E-state index in [1.807, 2.05) is 24.3 Å². The van der Waals surface area contributed by atoms with Crippen molar-refractivity contribution in [2.45, 2.75) is 32.7 Å². The SMILES string of the molecule is CC(C)(C)c1csc2nc(-c3ccc(Cl)cc3)c(CN)n12. The molecule has 1 aromatic carbocycles. The molecule has 0 unspecified atom stereocenters. The number of nitrogens with two attached hydrogens (primary N) is 1. The van der Waals surface area contributed by atoms with Gasteiger partial charge in [0, 0.05) is 33.6 Å². The summed E-state index contributed by atoms with van der Waals surface area (Å²) in [6, 6.07) is 7.75. The van der Waals surface area contributed by atoms with Gasteiger partial charge >= 0.3 is 0 Å². The van der Waals surface area contributed by atoms with Crippen LogP contribution in [0.25, 0.3) is 16.2 Å². The zero-order chi connectivity index (χ0) is 15.2. The Morgan fingerprint density at radius 3 is 2.48 bits per heavy atom. The fourth-order valence-corrected chi connectivity index (χ4v) is 3.72. The second-order valence-electron chi connectivity index (χ2n) is 6.11. The molecule has 0 aliphatic carbocycles. The van der Waals surface area contributed by atoms with Crippen LogP contribution in [0, 0.1) is 0 Å². The second-order valence-corrected chi connectivity index (χ2v) is 7.38. The molecule has 0 fully saturated rings. The molecular weight excluding hydrogens is 302 g/mol. The molecule has 0 radical (unpaired) electrons. The molecule has 0 saturated heterocycles. The summed E-state index contributed by atoms with van der Waals surface area (Å²) in [7, 11) is 0. The highest BCUT2D eigenvalue weighted by atomic mass is 35.5. The summed E-state index contributed by atoms with van der Waals surface area (Å²) in [4.78, 5) is 5.77. The molecule has 2 heterocycles. The summed E-state index contributed by atoms with van der Waals surface area (Å²) < 4.78 is 2.20. The summed E-state index contributed by atoms with van der Waals surface area (Å²) in [5, 5.41) is 2.90. The van der Waals surface area contributed by atoms with Gasteiger partial charge in [-0.25, -0.2) is 4.98 Å². The number of hydrogen-bond acceptors (Lipinski definition) is 3. The third-order valence-corrected chi connectivity index (χ3v) is 4.62. The van der Waals surface area contributed by atoms with E-state index < -0.39 is 0 Å². The van der Waals surface area contributed by atoms with Gasteiger partial charge in [-0.05, 0) is 12.1 Å². The number of fused-ring (bicyclic) bond motifs is 1. The Morgan fingerprint density at radius 2 is 1.90 bits per heavy atom. The Morgan fingerprint density at radius 1 is 1.24 bits per heavy atom. The van der Waals surface area contributed by atoms with Gasteiger partial charge in [0.25, 0.3) is 0 Å². The minimum absolute atomic E-state index is 0.0557. The summed E-state index contributed by atoms with van der Waals surface area (Å²) in [6.45, 7) is 7.07. The minimum Gasteiger partial charge on any atom is -0.325 e. The van der Waals surface area contributed by atoms with E-state index in [-0.39, 0.29) is 5.41 Å². The third kappa shape index (κ3) is 2.48. The van der Waals surface area contributed by atoms with Gasteiger partial charge in [-0.15, -0.1) is 11.3 Å². The van der Waals surface area contributed by atoms with Crippen molar-refractivity contribution >= 4 is 27.9 Å². The molecule has 3 nitrogen and oxygen atoms in total. The van der Waals surface area contributed by atoms with E-state index in [0.717, 1.165) is 26.9 Å². The van der Waals surface area contributed by atoms with Crippen LogP contribution >= 0.6 is 22.9 Å². The predicted octanol–water partition coefficient (Wildman–Crippen LogP) is 4.47. The summed E-state index contributed by atoms with van der Waals surface area (Å²) >= 11 is 7.63. The monoisotopic (exact) mass is 319 g/mol. The molecule has 2 aromatic heterocycles. The highest BCUT2D eigenvalue weighted by Gasteiger charge is 2.23. The smallest absolute Gasteiger partial charge is 0.194 e. The van der Waals surface area contributed by atoms with Crippen molar-refractivity contribution in [1.82, 2.24) is 9.38 Å². The molecule has 0 aliphatic heterocycles. The lowest BCUT2D eigenvalue weighted by molar-refractivity contribution is 0.561. The van der Waals surface area contributed by atoms with Gasteiger partial charge in [-0.1, -0.05) is 44.5 Å². The van der Waals surface area contributed by atoms with Gasteiger partial charge < -0.3 is 5.73 Å². The number of aromatic nitrogens is 2. The van der Waals surface area contributed by atoms with Crippen LogP contribution in [0.1, 0.15) is 32.2 Å². The number of benzene rings is 1. The zero-order valence-corrected chi connectivity index (χ0v) is 13.9. The second kappa shape index (κ2) is 5.13. The van der Waals surface area contributed by atoms with E-state index in [9.17, 15) is 0 Å². The van der Waals surface area contributed by atoms with E-state index in [2.05, 4.69) is 30.6 Å². The maximum Gasteiger partial charge on any atom is 0.194 e. The molecule has 0 amide bonds. The molecule has 2 N–H and O–H groups in total. The van der Waals surface area contributed by atoms with Crippen molar-refractivity contribution in [1.29, 1.82) is 0 Å². The largest absolute Gasteiger partial charge is 0.325 e. The molecule has 3 aromatic rings. The van der Waals surface area contributed by atoms with Crippen molar-refractivity contribution in [3.8, 4) is 11.3 Å². The Kier molecular flexibility index (Phi) is 3.56. The van der Waals surface area contributed by atoms with Crippen LogP contribution in [-0.2, 0) is 12.0 Å². The van der Waals surface area contributed by atoms with E-state index >= 15 is 0 Å². The number of halogens is 1. The number of thiazole rings is 1. The highest BCUT2D eigenvalue weighted by molar-refractivity contribution is 7.15. The number of rotatable bonds is 2. The van der Waals surface area contributed by atoms with Crippen LogP contribution in [0.3, 0.4) is 0 Å².